The van der Waals surface area contributed by atoms with Gasteiger partial charge in [0.05, 0.1) is 0 Å². The van der Waals surface area contributed by atoms with E-state index in [1.54, 1.807) is 6.08 Å². The molecule has 0 aliphatic carbocycles. The molecule has 0 saturated carbocycles. The van der Waals surface area contributed by atoms with Crippen LogP contribution in [0.15, 0.2) is 11.6 Å². The molecule has 0 spiro atoms. The van der Waals surface area contributed by atoms with Gasteiger partial charge in [0.1, 0.15) is 0 Å². The molecular formula is C11H20N2O. The summed E-state index contributed by atoms with van der Waals surface area (Å²) in [7, 11) is 0. The number of allylic oxidation sites excluding steroid dienone is 1. The molecule has 1 unspecified atom stereocenters. The first-order valence-electron chi connectivity index (χ1n) is 5.30. The average Bonchev–Trinajstić information content (AvgIpc) is 2.16. The molecule has 1 aliphatic heterocycles. The van der Waals surface area contributed by atoms with Crippen molar-refractivity contribution in [3.05, 3.63) is 11.6 Å². The predicted molar refractivity (Wildman–Crippen MR) is 57.8 cm³/mol. The highest BCUT2D eigenvalue weighted by Crippen LogP contribution is 2.16. The second-order valence-electron chi connectivity index (χ2n) is 4.14. The van der Waals surface area contributed by atoms with Crippen molar-refractivity contribution >= 4 is 5.91 Å². The Morgan fingerprint density at radius 2 is 2.21 bits per heavy atom. The largest absolute Gasteiger partial charge is 0.335 e. The van der Waals surface area contributed by atoms with Gasteiger partial charge in [-0.2, -0.15) is 0 Å². The molecule has 3 heteroatoms. The Labute approximate surface area is 86.0 Å². The van der Waals surface area contributed by atoms with Crippen molar-refractivity contribution in [2.45, 2.75) is 39.2 Å². The van der Waals surface area contributed by atoms with Crippen molar-refractivity contribution in [3.63, 3.8) is 0 Å². The molecule has 1 rings (SSSR count). The van der Waals surface area contributed by atoms with Crippen LogP contribution in [0.5, 0.6) is 0 Å². The molecule has 0 bridgehead atoms. The average molecular weight is 196 g/mol. The maximum atomic E-state index is 11.8. The zero-order chi connectivity index (χ0) is 10.6. The van der Waals surface area contributed by atoms with Gasteiger partial charge in [0, 0.05) is 25.2 Å². The van der Waals surface area contributed by atoms with Gasteiger partial charge >= 0.3 is 0 Å². The summed E-state index contributed by atoms with van der Waals surface area (Å²) >= 11 is 0. The van der Waals surface area contributed by atoms with Gasteiger partial charge < -0.3 is 10.6 Å². The van der Waals surface area contributed by atoms with Gasteiger partial charge in [-0.05, 0) is 33.1 Å². The van der Waals surface area contributed by atoms with E-state index >= 15 is 0 Å². The Bertz CT molecular complexity index is 231. The maximum absolute atomic E-state index is 11.8. The van der Waals surface area contributed by atoms with Crippen LogP contribution in [0.25, 0.3) is 0 Å². The van der Waals surface area contributed by atoms with E-state index in [2.05, 4.69) is 0 Å². The second-order valence-corrected chi connectivity index (χ2v) is 4.14. The summed E-state index contributed by atoms with van der Waals surface area (Å²) in [5, 5.41) is 0. The number of nitrogens with two attached hydrogens (primary N) is 1. The fraction of sp³-hybridized carbons (Fsp3) is 0.727. The predicted octanol–water partition coefficient (Wildman–Crippen LogP) is 1.29. The van der Waals surface area contributed by atoms with E-state index in [1.165, 1.54) is 6.42 Å². The highest BCUT2D eigenvalue weighted by Gasteiger charge is 2.23. The van der Waals surface area contributed by atoms with Crippen molar-refractivity contribution in [1.82, 2.24) is 4.90 Å². The molecule has 14 heavy (non-hydrogen) atoms. The minimum atomic E-state index is 0.125. The quantitative estimate of drug-likeness (QED) is 0.676. The van der Waals surface area contributed by atoms with Crippen molar-refractivity contribution in [2.24, 2.45) is 5.73 Å². The minimum absolute atomic E-state index is 0.125. The number of amides is 1. The van der Waals surface area contributed by atoms with Crippen LogP contribution < -0.4 is 5.73 Å². The summed E-state index contributed by atoms with van der Waals surface area (Å²) in [5.74, 6) is 0.125. The SMILES string of the molecule is CC(C)=CC(=O)N1CCCCC1CN. The number of carbonyl (C=O) groups is 1. The Morgan fingerprint density at radius 3 is 2.79 bits per heavy atom. The molecule has 80 valence electrons. The van der Waals surface area contributed by atoms with Crippen LogP contribution >= 0.6 is 0 Å². The van der Waals surface area contributed by atoms with Gasteiger partial charge in [0.2, 0.25) is 5.91 Å². The molecule has 1 aliphatic rings. The fourth-order valence-corrected chi connectivity index (χ4v) is 1.87. The topological polar surface area (TPSA) is 46.3 Å². The third-order valence-corrected chi connectivity index (χ3v) is 2.59. The van der Waals surface area contributed by atoms with Gasteiger partial charge in [-0.15, -0.1) is 0 Å². The normalized spacial score (nSPS) is 21.9. The molecule has 0 radical (unpaired) electrons. The van der Waals surface area contributed by atoms with Crippen LogP contribution in [-0.4, -0.2) is 29.9 Å². The summed E-state index contributed by atoms with van der Waals surface area (Å²) in [6.07, 6.45) is 5.06. The van der Waals surface area contributed by atoms with Gasteiger partial charge in [-0.1, -0.05) is 5.57 Å². The lowest BCUT2D eigenvalue weighted by Crippen LogP contribution is -2.46. The molecule has 1 saturated heterocycles. The molecular weight excluding hydrogens is 176 g/mol. The smallest absolute Gasteiger partial charge is 0.246 e. The fourth-order valence-electron chi connectivity index (χ4n) is 1.87. The Hall–Kier alpha value is -0.830. The number of hydrogen-bond donors (Lipinski definition) is 1. The second kappa shape index (κ2) is 5.15. The molecule has 0 aromatic rings. The molecule has 0 aromatic carbocycles. The Morgan fingerprint density at radius 1 is 1.50 bits per heavy atom. The molecule has 1 amide bonds. The van der Waals surface area contributed by atoms with Crippen molar-refractivity contribution in [1.29, 1.82) is 0 Å². The highest BCUT2D eigenvalue weighted by atomic mass is 16.2. The third-order valence-electron chi connectivity index (χ3n) is 2.59. The maximum Gasteiger partial charge on any atom is 0.246 e. The van der Waals surface area contributed by atoms with Crippen LogP contribution in [0.2, 0.25) is 0 Å². The van der Waals surface area contributed by atoms with Gasteiger partial charge in [-0.3, -0.25) is 4.79 Å². The van der Waals surface area contributed by atoms with Gasteiger partial charge in [0.15, 0.2) is 0 Å². The van der Waals surface area contributed by atoms with E-state index in [-0.39, 0.29) is 11.9 Å². The first kappa shape index (κ1) is 11.2. The zero-order valence-corrected chi connectivity index (χ0v) is 9.12. The summed E-state index contributed by atoms with van der Waals surface area (Å²) in [5.41, 5.74) is 6.70. The van der Waals surface area contributed by atoms with E-state index < -0.39 is 0 Å². The lowest BCUT2D eigenvalue weighted by molar-refractivity contribution is -0.129. The lowest BCUT2D eigenvalue weighted by atomic mass is 10.0. The monoisotopic (exact) mass is 196 g/mol. The van der Waals surface area contributed by atoms with Gasteiger partial charge in [-0.25, -0.2) is 0 Å². The third kappa shape index (κ3) is 2.84. The van der Waals surface area contributed by atoms with E-state index in [0.717, 1.165) is 25.0 Å². The lowest BCUT2D eigenvalue weighted by Gasteiger charge is -2.34. The van der Waals surface area contributed by atoms with Gasteiger partial charge in [0.25, 0.3) is 0 Å². The molecule has 1 atom stereocenters. The van der Waals surface area contributed by atoms with Crippen molar-refractivity contribution in [3.8, 4) is 0 Å². The summed E-state index contributed by atoms with van der Waals surface area (Å²) in [4.78, 5) is 13.7. The number of rotatable bonds is 2. The Kier molecular flexibility index (Phi) is 4.14. The van der Waals surface area contributed by atoms with Crippen LogP contribution in [0.4, 0.5) is 0 Å². The first-order chi connectivity index (χ1) is 6.65. The van der Waals surface area contributed by atoms with E-state index in [1.807, 2.05) is 18.7 Å². The first-order valence-corrected chi connectivity index (χ1v) is 5.30. The molecule has 1 fully saturated rings. The summed E-state index contributed by atoms with van der Waals surface area (Å²) in [6, 6.07) is 0.256. The van der Waals surface area contributed by atoms with Crippen molar-refractivity contribution < 1.29 is 4.79 Å². The molecule has 3 nitrogen and oxygen atoms in total. The number of piperidine rings is 1. The van der Waals surface area contributed by atoms with Crippen LogP contribution in [0.3, 0.4) is 0 Å². The summed E-state index contributed by atoms with van der Waals surface area (Å²) in [6.45, 7) is 5.34. The number of likely N-dealkylation sites (tertiary alicyclic amines) is 1. The minimum Gasteiger partial charge on any atom is -0.335 e. The van der Waals surface area contributed by atoms with Crippen LogP contribution in [0, 0.1) is 0 Å². The van der Waals surface area contributed by atoms with E-state index in [0.29, 0.717) is 6.54 Å². The molecule has 0 aromatic heterocycles. The molecule has 1 heterocycles. The number of nitrogens with zero attached hydrogens (tertiary/aromatic N) is 1. The number of carbonyl (C=O) groups excluding carboxylic acids is 1. The molecule has 2 N–H and O–H groups in total. The standard InChI is InChI=1S/C11H20N2O/c1-9(2)7-11(14)13-6-4-3-5-10(13)8-12/h7,10H,3-6,8,12H2,1-2H3. The Balaban J connectivity index is 2.63. The van der Waals surface area contributed by atoms with E-state index in [4.69, 9.17) is 5.73 Å². The summed E-state index contributed by atoms with van der Waals surface area (Å²) < 4.78 is 0. The highest BCUT2D eigenvalue weighted by molar-refractivity contribution is 5.88. The zero-order valence-electron chi connectivity index (χ0n) is 9.12. The van der Waals surface area contributed by atoms with Crippen molar-refractivity contribution in [2.75, 3.05) is 13.1 Å². The number of hydrogen-bond acceptors (Lipinski definition) is 2. The van der Waals surface area contributed by atoms with E-state index in [9.17, 15) is 4.79 Å². The van der Waals surface area contributed by atoms with Crippen LogP contribution in [-0.2, 0) is 4.79 Å². The van der Waals surface area contributed by atoms with Crippen LogP contribution in [0.1, 0.15) is 33.1 Å².